The highest BCUT2D eigenvalue weighted by Gasteiger charge is 2.26. The van der Waals surface area contributed by atoms with Crippen LogP contribution in [-0.4, -0.2) is 27.1 Å². The van der Waals surface area contributed by atoms with Crippen LogP contribution in [0.25, 0.3) is 27.9 Å². The predicted molar refractivity (Wildman–Crippen MR) is 120 cm³/mol. The third-order valence-corrected chi connectivity index (χ3v) is 5.64. The van der Waals surface area contributed by atoms with Crippen molar-refractivity contribution < 1.29 is 9.53 Å². The fourth-order valence-electron chi connectivity index (χ4n) is 3.50. The predicted octanol–water partition coefficient (Wildman–Crippen LogP) is 5.40. The van der Waals surface area contributed by atoms with E-state index in [9.17, 15) is 4.79 Å². The highest BCUT2D eigenvalue weighted by molar-refractivity contribution is 6.30. The number of esters is 1. The fraction of sp³-hybridized carbons (Fsp3) is 0.261. The van der Waals surface area contributed by atoms with E-state index in [1.165, 1.54) is 0 Å². The summed E-state index contributed by atoms with van der Waals surface area (Å²) in [6.45, 7) is 4.51. The number of nitrogens with two attached hydrogens (primary N) is 1. The molecule has 2 heterocycles. The lowest BCUT2D eigenvalue weighted by Crippen LogP contribution is -2.15. The Bertz CT molecular complexity index is 1210. The first-order chi connectivity index (χ1) is 14.5. The molecule has 0 unspecified atom stereocenters. The number of ether oxygens (including phenoxy) is 1. The van der Waals surface area contributed by atoms with Gasteiger partial charge in [-0.1, -0.05) is 50.4 Å². The van der Waals surface area contributed by atoms with Gasteiger partial charge in [-0.3, -0.25) is 4.57 Å². The number of benzene rings is 2. The summed E-state index contributed by atoms with van der Waals surface area (Å²) in [5.74, 6) is 0.0746. The summed E-state index contributed by atoms with van der Waals surface area (Å²) in [4.78, 5) is 22.5. The van der Waals surface area contributed by atoms with Crippen LogP contribution in [0.1, 0.15) is 37.0 Å². The summed E-state index contributed by atoms with van der Waals surface area (Å²) in [7, 11) is 0. The first-order valence-electron chi connectivity index (χ1n) is 10.0. The largest absolute Gasteiger partial charge is 0.462 e. The number of para-hydroxylation sites is 2. The van der Waals surface area contributed by atoms with Crippen molar-refractivity contribution in [1.29, 1.82) is 0 Å². The van der Waals surface area contributed by atoms with E-state index < -0.39 is 5.97 Å². The number of hydrogen-bond acceptors (Lipinski definition) is 5. The zero-order chi connectivity index (χ0) is 21.3. The molecule has 30 heavy (non-hydrogen) atoms. The van der Waals surface area contributed by atoms with Crippen LogP contribution in [-0.2, 0) is 4.74 Å². The molecule has 0 fully saturated rings. The van der Waals surface area contributed by atoms with Gasteiger partial charge < -0.3 is 10.5 Å². The van der Waals surface area contributed by atoms with Crippen molar-refractivity contribution in [2.45, 2.75) is 26.7 Å². The van der Waals surface area contributed by atoms with Gasteiger partial charge in [-0.2, -0.15) is 0 Å². The van der Waals surface area contributed by atoms with E-state index in [0.29, 0.717) is 34.2 Å². The average Bonchev–Trinajstić information content (AvgIpc) is 3.04. The Hall–Kier alpha value is -3.12. The van der Waals surface area contributed by atoms with E-state index in [4.69, 9.17) is 32.0 Å². The second kappa shape index (κ2) is 8.32. The van der Waals surface area contributed by atoms with Gasteiger partial charge in [0.05, 0.1) is 17.6 Å². The molecule has 4 aromatic rings. The minimum absolute atomic E-state index is 0.240. The quantitative estimate of drug-likeness (QED) is 0.420. The van der Waals surface area contributed by atoms with Gasteiger partial charge in [-0.15, -0.1) is 0 Å². The molecule has 2 aromatic heterocycles. The van der Waals surface area contributed by atoms with Crippen molar-refractivity contribution in [3.63, 3.8) is 0 Å². The molecular formula is C23H23ClN4O2. The molecule has 0 bridgehead atoms. The van der Waals surface area contributed by atoms with Crippen molar-refractivity contribution in [2.24, 2.45) is 5.92 Å². The molecule has 0 amide bonds. The number of nitrogens with zero attached hydrogens (tertiary/aromatic N) is 3. The van der Waals surface area contributed by atoms with Crippen LogP contribution in [0.4, 0.5) is 5.82 Å². The third kappa shape index (κ3) is 3.59. The minimum Gasteiger partial charge on any atom is -0.462 e. The summed E-state index contributed by atoms with van der Waals surface area (Å²) in [6.07, 6.45) is 1.88. The summed E-state index contributed by atoms with van der Waals surface area (Å²) in [5, 5.41) is 0.607. The summed E-state index contributed by atoms with van der Waals surface area (Å²) >= 11 is 6.05. The van der Waals surface area contributed by atoms with Crippen LogP contribution in [0.3, 0.4) is 0 Å². The van der Waals surface area contributed by atoms with Crippen molar-refractivity contribution in [3.8, 4) is 5.69 Å². The Balaban J connectivity index is 1.90. The Morgan fingerprint density at radius 3 is 2.33 bits per heavy atom. The lowest BCUT2D eigenvalue weighted by atomic mass is 10.1. The van der Waals surface area contributed by atoms with Gasteiger partial charge in [0.25, 0.3) is 0 Å². The molecule has 0 aliphatic heterocycles. The van der Waals surface area contributed by atoms with E-state index in [1.807, 2.05) is 36.4 Å². The topological polar surface area (TPSA) is 83.0 Å². The van der Waals surface area contributed by atoms with Crippen LogP contribution in [0.2, 0.25) is 5.02 Å². The molecule has 7 heteroatoms. The van der Waals surface area contributed by atoms with Crippen LogP contribution < -0.4 is 5.73 Å². The Morgan fingerprint density at radius 1 is 1.07 bits per heavy atom. The summed E-state index contributed by atoms with van der Waals surface area (Å²) < 4.78 is 7.34. The molecule has 2 N–H and O–H groups in total. The number of nitrogen functional groups attached to an aromatic ring is 1. The fourth-order valence-corrected chi connectivity index (χ4v) is 3.63. The maximum Gasteiger partial charge on any atom is 0.344 e. The van der Waals surface area contributed by atoms with Crippen LogP contribution >= 0.6 is 11.6 Å². The third-order valence-electron chi connectivity index (χ3n) is 5.39. The van der Waals surface area contributed by atoms with Crippen molar-refractivity contribution in [3.05, 3.63) is 59.1 Å². The lowest BCUT2D eigenvalue weighted by Gasteiger charge is -2.12. The molecule has 0 aliphatic rings. The van der Waals surface area contributed by atoms with Gasteiger partial charge in [0, 0.05) is 10.7 Å². The number of halogens is 1. The second-order valence-corrected chi connectivity index (χ2v) is 7.67. The van der Waals surface area contributed by atoms with Crippen LogP contribution in [0.15, 0.2) is 48.5 Å². The van der Waals surface area contributed by atoms with Gasteiger partial charge in [-0.05, 0) is 42.3 Å². The van der Waals surface area contributed by atoms with Gasteiger partial charge in [0.2, 0.25) is 0 Å². The van der Waals surface area contributed by atoms with E-state index >= 15 is 0 Å². The molecule has 0 atom stereocenters. The molecule has 2 aromatic carbocycles. The molecule has 0 saturated heterocycles. The number of carbonyl (C=O) groups excluding carboxylic acids is 1. The van der Waals surface area contributed by atoms with Crippen LogP contribution in [0.5, 0.6) is 0 Å². The lowest BCUT2D eigenvalue weighted by molar-refractivity contribution is 0.0436. The van der Waals surface area contributed by atoms with E-state index in [2.05, 4.69) is 13.8 Å². The van der Waals surface area contributed by atoms with Crippen LogP contribution in [0, 0.1) is 5.92 Å². The molecular weight excluding hydrogens is 400 g/mol. The highest BCUT2D eigenvalue weighted by Crippen LogP contribution is 2.32. The first kappa shape index (κ1) is 20.2. The summed E-state index contributed by atoms with van der Waals surface area (Å²) in [6, 6.07) is 14.7. The van der Waals surface area contributed by atoms with Gasteiger partial charge >= 0.3 is 5.97 Å². The van der Waals surface area contributed by atoms with Crippen molar-refractivity contribution >= 4 is 45.6 Å². The van der Waals surface area contributed by atoms with E-state index in [-0.39, 0.29) is 11.4 Å². The normalized spacial score (nSPS) is 11.5. The molecule has 4 rings (SSSR count). The number of fused-ring (bicyclic) bond motifs is 2. The Morgan fingerprint density at radius 2 is 1.70 bits per heavy atom. The first-order valence-corrected chi connectivity index (χ1v) is 10.4. The maximum absolute atomic E-state index is 13.0. The molecule has 0 aliphatic carbocycles. The monoisotopic (exact) mass is 422 g/mol. The number of hydrogen-bond donors (Lipinski definition) is 1. The molecule has 154 valence electrons. The van der Waals surface area contributed by atoms with E-state index in [1.54, 1.807) is 16.7 Å². The van der Waals surface area contributed by atoms with Gasteiger partial charge in [-0.25, -0.2) is 14.8 Å². The average molecular weight is 423 g/mol. The standard InChI is InChI=1S/C23H23ClN4O2/c1-3-14(4-2)13-30-23(29)19-20-22(27-18-8-6-5-7-17(18)26-20)28(21(19)25)16-11-9-15(24)10-12-16/h5-12,14H,3-4,13,25H2,1-2H3. The summed E-state index contributed by atoms with van der Waals surface area (Å²) in [5.41, 5.74) is 9.79. The zero-order valence-corrected chi connectivity index (χ0v) is 17.7. The number of aromatic nitrogens is 3. The molecule has 6 nitrogen and oxygen atoms in total. The zero-order valence-electron chi connectivity index (χ0n) is 16.9. The Kier molecular flexibility index (Phi) is 5.59. The Labute approximate surface area is 179 Å². The smallest absolute Gasteiger partial charge is 0.344 e. The number of anilines is 1. The van der Waals surface area contributed by atoms with Crippen molar-refractivity contribution in [1.82, 2.24) is 14.5 Å². The van der Waals surface area contributed by atoms with Gasteiger partial charge in [0.1, 0.15) is 16.9 Å². The molecule has 0 spiro atoms. The number of rotatable bonds is 6. The minimum atomic E-state index is -0.485. The maximum atomic E-state index is 13.0. The van der Waals surface area contributed by atoms with Gasteiger partial charge in [0.15, 0.2) is 5.65 Å². The SMILES string of the molecule is CCC(CC)COC(=O)c1c(N)n(-c2ccc(Cl)cc2)c2nc3ccccc3nc12. The highest BCUT2D eigenvalue weighted by atomic mass is 35.5. The second-order valence-electron chi connectivity index (χ2n) is 7.24. The number of carbonyl (C=O) groups is 1. The van der Waals surface area contributed by atoms with E-state index in [0.717, 1.165) is 24.0 Å². The molecule has 0 radical (unpaired) electrons. The van der Waals surface area contributed by atoms with Crippen molar-refractivity contribution in [2.75, 3.05) is 12.3 Å². The molecule has 0 saturated carbocycles.